The van der Waals surface area contributed by atoms with Crippen LogP contribution in [0.2, 0.25) is 0 Å². The Kier molecular flexibility index (Phi) is 9.76. The second kappa shape index (κ2) is 13.6. The lowest BCUT2D eigenvalue weighted by Gasteiger charge is -2.34. The normalized spacial score (nSPS) is 18.1. The predicted octanol–water partition coefficient (Wildman–Crippen LogP) is 5.60. The summed E-state index contributed by atoms with van der Waals surface area (Å²) < 4.78 is 17.1. The molecule has 1 saturated carbocycles. The number of likely N-dealkylation sites (tertiary alicyclic amines) is 1. The van der Waals surface area contributed by atoms with E-state index in [0.29, 0.717) is 56.4 Å². The number of amides is 2. The number of ether oxygens (including phenoxy) is 3. The number of nitrogens with one attached hydrogen (secondary N) is 2. The van der Waals surface area contributed by atoms with Gasteiger partial charge in [0.05, 0.1) is 36.7 Å². The number of imidazole rings is 1. The summed E-state index contributed by atoms with van der Waals surface area (Å²) in [5.74, 6) is 1.06. The number of para-hydroxylation sites is 1. The maximum Gasteiger partial charge on any atom is 0.410 e. The fourth-order valence-electron chi connectivity index (χ4n) is 6.04. The lowest BCUT2D eigenvalue weighted by molar-refractivity contribution is -0.124. The number of methoxy groups -OCH3 is 1. The minimum absolute atomic E-state index is 0.0432. The number of nitrogens with zero attached hydrogens (tertiary/aromatic N) is 3. The highest BCUT2D eigenvalue weighted by molar-refractivity contribution is 5.85. The smallest absolute Gasteiger partial charge is 0.410 e. The highest BCUT2D eigenvalue weighted by Gasteiger charge is 2.59. The van der Waals surface area contributed by atoms with E-state index in [1.165, 1.54) is 0 Å². The van der Waals surface area contributed by atoms with E-state index in [2.05, 4.69) is 20.3 Å². The van der Waals surface area contributed by atoms with E-state index in [0.717, 1.165) is 35.7 Å². The first-order chi connectivity index (χ1) is 21.5. The Morgan fingerprint density at radius 2 is 1.93 bits per heavy atom. The maximum atomic E-state index is 13.6. The predicted molar refractivity (Wildman–Crippen MR) is 170 cm³/mol. The Labute approximate surface area is 264 Å². The van der Waals surface area contributed by atoms with Crippen molar-refractivity contribution in [3.8, 4) is 17.1 Å². The van der Waals surface area contributed by atoms with E-state index >= 15 is 0 Å². The molecule has 45 heavy (non-hydrogen) atoms. The van der Waals surface area contributed by atoms with E-state index in [9.17, 15) is 14.4 Å². The van der Waals surface area contributed by atoms with Crippen molar-refractivity contribution < 1.29 is 28.6 Å². The first-order valence-electron chi connectivity index (χ1n) is 15.9. The molecule has 2 N–H and O–H groups in total. The van der Waals surface area contributed by atoms with E-state index in [1.54, 1.807) is 18.2 Å². The molecule has 1 unspecified atom stereocenters. The fraction of sp³-hybridized carbons (Fsp3) is 0.559. The molecule has 11 heteroatoms. The van der Waals surface area contributed by atoms with Crippen molar-refractivity contribution in [2.24, 2.45) is 11.3 Å². The van der Waals surface area contributed by atoms with Crippen LogP contribution in [0.5, 0.6) is 5.88 Å². The molecule has 242 valence electrons. The van der Waals surface area contributed by atoms with Gasteiger partial charge in [0.15, 0.2) is 0 Å². The minimum atomic E-state index is -0.543. The van der Waals surface area contributed by atoms with Gasteiger partial charge in [-0.15, -0.1) is 0 Å². The van der Waals surface area contributed by atoms with Crippen molar-refractivity contribution in [1.29, 1.82) is 0 Å². The number of carbonyl (C=O) groups is 3. The number of benzene rings is 1. The Hall–Kier alpha value is -3.99. The number of aromatic nitrogens is 3. The van der Waals surface area contributed by atoms with Crippen LogP contribution in [0.15, 0.2) is 36.5 Å². The largest absolute Gasteiger partial charge is 0.480 e. The van der Waals surface area contributed by atoms with Gasteiger partial charge in [-0.1, -0.05) is 25.1 Å². The van der Waals surface area contributed by atoms with Crippen LogP contribution in [0, 0.1) is 11.3 Å². The average molecular weight is 620 g/mol. The average Bonchev–Trinajstić information content (AvgIpc) is 3.48. The summed E-state index contributed by atoms with van der Waals surface area (Å²) >= 11 is 0. The van der Waals surface area contributed by atoms with Gasteiger partial charge in [0, 0.05) is 43.8 Å². The van der Waals surface area contributed by atoms with Crippen molar-refractivity contribution in [2.45, 2.75) is 77.9 Å². The Bertz CT molecular complexity index is 1520. The maximum absolute atomic E-state index is 13.6. The molecule has 1 aliphatic carbocycles. The summed E-state index contributed by atoms with van der Waals surface area (Å²) in [5.41, 5.74) is 1.65. The van der Waals surface area contributed by atoms with Gasteiger partial charge in [0.25, 0.3) is 0 Å². The molecule has 2 aromatic heterocycles. The quantitative estimate of drug-likeness (QED) is 0.250. The van der Waals surface area contributed by atoms with Crippen LogP contribution in [-0.4, -0.2) is 76.6 Å². The standard InChI is InChI=1S/C34H45N5O6/c1-6-23(40)11-9-17-44-21-28(29-35-20-27(36-29)24-18-22-10-7-8-12-26(22)38-31(24)43-5)37-30(41)25-19-34(25)13-15-39(16-14-34)32(42)45-33(2,3)4/h7-8,10,12,18,20,25,28H,6,9,11,13-17,19,21H2,1-5H3,(H,35,36)(H,37,41)/t25?,28-/m0/s1. The summed E-state index contributed by atoms with van der Waals surface area (Å²) in [5, 5.41) is 4.16. The summed E-state index contributed by atoms with van der Waals surface area (Å²) in [4.78, 5) is 52.3. The van der Waals surface area contributed by atoms with Crippen LogP contribution >= 0.6 is 0 Å². The third kappa shape index (κ3) is 7.81. The molecule has 2 atom stereocenters. The molecule has 5 rings (SSSR count). The van der Waals surface area contributed by atoms with Crippen molar-refractivity contribution in [3.63, 3.8) is 0 Å². The molecular formula is C34H45N5O6. The van der Waals surface area contributed by atoms with Gasteiger partial charge in [-0.3, -0.25) is 9.59 Å². The molecule has 0 bridgehead atoms. The summed E-state index contributed by atoms with van der Waals surface area (Å²) in [6, 6.07) is 9.30. The zero-order valence-corrected chi connectivity index (χ0v) is 27.0. The molecule has 1 aliphatic heterocycles. The van der Waals surface area contributed by atoms with Crippen LogP contribution in [0.1, 0.15) is 78.1 Å². The third-order valence-corrected chi connectivity index (χ3v) is 8.75. The van der Waals surface area contributed by atoms with Crippen LogP contribution in [0.3, 0.4) is 0 Å². The number of hydrogen-bond donors (Lipinski definition) is 2. The number of rotatable bonds is 12. The molecule has 2 aliphatic rings. The monoisotopic (exact) mass is 619 g/mol. The number of ketones is 1. The molecule has 3 heterocycles. The number of pyridine rings is 1. The van der Waals surface area contributed by atoms with E-state index in [-0.39, 0.29) is 35.7 Å². The Morgan fingerprint density at radius 1 is 1.18 bits per heavy atom. The van der Waals surface area contributed by atoms with Gasteiger partial charge >= 0.3 is 6.09 Å². The van der Waals surface area contributed by atoms with Crippen LogP contribution in [0.25, 0.3) is 22.2 Å². The second-order valence-electron chi connectivity index (χ2n) is 13.1. The third-order valence-electron chi connectivity index (χ3n) is 8.75. The molecule has 2 fully saturated rings. The van der Waals surface area contributed by atoms with Crippen molar-refractivity contribution in [2.75, 3.05) is 33.4 Å². The highest BCUT2D eigenvalue weighted by atomic mass is 16.6. The van der Waals surface area contributed by atoms with Gasteiger partial charge in [-0.05, 0) is 64.0 Å². The van der Waals surface area contributed by atoms with Gasteiger partial charge in [-0.2, -0.15) is 0 Å². The number of hydrogen-bond acceptors (Lipinski definition) is 8. The summed E-state index contributed by atoms with van der Waals surface area (Å²) in [6.45, 7) is 9.20. The number of piperidine rings is 1. The van der Waals surface area contributed by atoms with Gasteiger partial charge in [0.2, 0.25) is 11.8 Å². The van der Waals surface area contributed by atoms with E-state index < -0.39 is 11.6 Å². The lowest BCUT2D eigenvalue weighted by atomic mass is 9.90. The number of aromatic amines is 1. The zero-order chi connectivity index (χ0) is 32.2. The highest BCUT2D eigenvalue weighted by Crippen LogP contribution is 2.59. The van der Waals surface area contributed by atoms with E-state index in [1.807, 2.05) is 58.0 Å². The lowest BCUT2D eigenvalue weighted by Crippen LogP contribution is -2.43. The zero-order valence-electron chi connectivity index (χ0n) is 27.0. The first-order valence-corrected chi connectivity index (χ1v) is 15.9. The fourth-order valence-corrected chi connectivity index (χ4v) is 6.04. The summed E-state index contributed by atoms with van der Waals surface area (Å²) in [7, 11) is 1.58. The Morgan fingerprint density at radius 3 is 2.64 bits per heavy atom. The van der Waals surface area contributed by atoms with Crippen molar-refractivity contribution >= 4 is 28.7 Å². The van der Waals surface area contributed by atoms with Crippen molar-refractivity contribution in [1.82, 2.24) is 25.2 Å². The summed E-state index contributed by atoms with van der Waals surface area (Å²) in [6.07, 6.45) is 5.33. The second-order valence-corrected chi connectivity index (χ2v) is 13.1. The molecule has 11 nitrogen and oxygen atoms in total. The molecular weight excluding hydrogens is 574 g/mol. The van der Waals surface area contributed by atoms with Crippen LogP contribution < -0.4 is 10.1 Å². The molecule has 1 spiro atoms. The first kappa shape index (κ1) is 32.4. The SMILES string of the molecule is CCC(=O)CCCOC[C@H](NC(=O)C1CC12CCN(C(=O)OC(C)(C)C)CC2)c1ncc(-c2cc3ccccc3nc2OC)[nH]1. The molecule has 1 aromatic carbocycles. The molecule has 0 radical (unpaired) electrons. The Balaban J connectivity index is 1.27. The number of fused-ring (bicyclic) bond motifs is 1. The van der Waals surface area contributed by atoms with Gasteiger partial charge < -0.3 is 29.4 Å². The van der Waals surface area contributed by atoms with Gasteiger partial charge in [0.1, 0.15) is 23.3 Å². The van der Waals surface area contributed by atoms with Crippen LogP contribution in [0.4, 0.5) is 4.79 Å². The number of H-pyrrole nitrogens is 1. The minimum Gasteiger partial charge on any atom is -0.480 e. The molecule has 2 amide bonds. The molecule has 1 saturated heterocycles. The number of carbonyl (C=O) groups excluding carboxylic acids is 3. The number of Topliss-reactive ketones (excluding diaryl/α,β-unsaturated/α-hetero) is 1. The van der Waals surface area contributed by atoms with E-state index in [4.69, 9.17) is 14.2 Å². The molecule has 3 aromatic rings. The van der Waals surface area contributed by atoms with Crippen molar-refractivity contribution in [3.05, 3.63) is 42.4 Å². The van der Waals surface area contributed by atoms with Crippen LogP contribution in [-0.2, 0) is 19.1 Å². The van der Waals surface area contributed by atoms with Gasteiger partial charge in [-0.25, -0.2) is 14.8 Å². The topological polar surface area (TPSA) is 136 Å².